The number of esters is 1. The number of carbonyl (C=O) groups is 1. The van der Waals surface area contributed by atoms with Crippen molar-refractivity contribution in [3.63, 3.8) is 0 Å². The number of hydrogen-bond donors (Lipinski definition) is 1. The third-order valence-corrected chi connectivity index (χ3v) is 2.83. The minimum atomic E-state index is -0.538. The summed E-state index contributed by atoms with van der Waals surface area (Å²) in [6.45, 7) is 7.56. The molecule has 7 heteroatoms. The summed E-state index contributed by atoms with van der Waals surface area (Å²) in [5.41, 5.74) is -0.600. The Morgan fingerprint density at radius 3 is 2.57 bits per heavy atom. The summed E-state index contributed by atoms with van der Waals surface area (Å²) in [6.07, 6.45) is 1.92. The van der Waals surface area contributed by atoms with Crippen LogP contribution < -0.4 is 5.32 Å². The van der Waals surface area contributed by atoms with E-state index in [2.05, 4.69) is 10.3 Å². The van der Waals surface area contributed by atoms with E-state index in [0.29, 0.717) is 5.82 Å². The highest BCUT2D eigenvalue weighted by molar-refractivity contribution is 5.75. The minimum Gasteiger partial charge on any atom is -0.463 e. The summed E-state index contributed by atoms with van der Waals surface area (Å²) < 4.78 is 5.26. The molecule has 1 heterocycles. The van der Waals surface area contributed by atoms with Crippen LogP contribution in [0.3, 0.4) is 0 Å². The Morgan fingerprint density at radius 1 is 1.48 bits per heavy atom. The van der Waals surface area contributed by atoms with Crippen LogP contribution in [0.25, 0.3) is 0 Å². The Kier molecular flexibility index (Phi) is 5.63. The predicted molar refractivity (Wildman–Crippen MR) is 79.0 cm³/mol. The van der Waals surface area contributed by atoms with Gasteiger partial charge in [0.15, 0.2) is 0 Å². The van der Waals surface area contributed by atoms with Crippen molar-refractivity contribution in [3.05, 3.63) is 28.4 Å². The van der Waals surface area contributed by atoms with Crippen molar-refractivity contribution in [2.75, 3.05) is 11.9 Å². The monoisotopic (exact) mass is 295 g/mol. The molecule has 0 spiro atoms. The molecule has 116 valence electrons. The number of nitrogens with zero attached hydrogens (tertiary/aromatic N) is 2. The van der Waals surface area contributed by atoms with Gasteiger partial charge >= 0.3 is 5.97 Å². The van der Waals surface area contributed by atoms with Gasteiger partial charge < -0.3 is 10.1 Å². The van der Waals surface area contributed by atoms with Crippen LogP contribution in [0.1, 0.15) is 34.1 Å². The van der Waals surface area contributed by atoms with Gasteiger partial charge in [-0.15, -0.1) is 0 Å². The predicted octanol–water partition coefficient (Wildman–Crippen LogP) is 2.77. The molecule has 21 heavy (non-hydrogen) atoms. The molecular weight excluding hydrogens is 274 g/mol. The third-order valence-electron chi connectivity index (χ3n) is 2.83. The number of carbonyl (C=O) groups excluding carboxylic acids is 1. The molecule has 7 nitrogen and oxygen atoms in total. The molecule has 0 amide bonds. The lowest BCUT2D eigenvalue weighted by molar-refractivity contribution is -0.385. The second-order valence-electron chi connectivity index (χ2n) is 5.76. The number of rotatable bonds is 6. The zero-order valence-corrected chi connectivity index (χ0v) is 12.8. The first-order valence-corrected chi connectivity index (χ1v) is 6.78. The Morgan fingerprint density at radius 2 is 2.14 bits per heavy atom. The number of aromatic nitrogens is 1. The standard InChI is InChI=1S/C14H21N3O4/c1-5-10(9-21-13(18)14(2,3)4)16-12-7-6-11(8-15-12)17(19)20/h6-8,10H,5,9H2,1-4H3,(H,15,16). The largest absolute Gasteiger partial charge is 0.463 e. The van der Waals surface area contributed by atoms with E-state index in [4.69, 9.17) is 4.74 Å². The van der Waals surface area contributed by atoms with Crippen molar-refractivity contribution in [1.82, 2.24) is 4.98 Å². The van der Waals surface area contributed by atoms with Gasteiger partial charge in [-0.3, -0.25) is 14.9 Å². The molecule has 0 aromatic carbocycles. The zero-order valence-electron chi connectivity index (χ0n) is 12.8. The molecular formula is C14H21N3O4. The van der Waals surface area contributed by atoms with E-state index in [1.165, 1.54) is 18.3 Å². The lowest BCUT2D eigenvalue weighted by atomic mass is 9.97. The van der Waals surface area contributed by atoms with Crippen molar-refractivity contribution in [2.24, 2.45) is 5.41 Å². The quantitative estimate of drug-likeness (QED) is 0.492. The maximum atomic E-state index is 11.7. The first kappa shape index (κ1) is 16.9. The van der Waals surface area contributed by atoms with E-state index < -0.39 is 10.3 Å². The summed E-state index contributed by atoms with van der Waals surface area (Å²) in [6, 6.07) is 2.82. The van der Waals surface area contributed by atoms with Crippen LogP contribution in [0, 0.1) is 15.5 Å². The maximum absolute atomic E-state index is 11.7. The first-order valence-electron chi connectivity index (χ1n) is 6.78. The average Bonchev–Trinajstić information content (AvgIpc) is 2.42. The molecule has 1 rings (SSSR count). The lowest BCUT2D eigenvalue weighted by Crippen LogP contribution is -2.31. The van der Waals surface area contributed by atoms with E-state index in [-0.39, 0.29) is 24.3 Å². The van der Waals surface area contributed by atoms with Gasteiger partial charge in [0.1, 0.15) is 18.6 Å². The first-order chi connectivity index (χ1) is 9.74. The molecule has 1 aromatic heterocycles. The number of nitrogens with one attached hydrogen (secondary N) is 1. The normalized spacial score (nSPS) is 12.6. The van der Waals surface area contributed by atoms with Crippen LogP contribution in [0.15, 0.2) is 18.3 Å². The number of nitro groups is 1. The molecule has 0 fully saturated rings. The van der Waals surface area contributed by atoms with Crippen molar-refractivity contribution in [1.29, 1.82) is 0 Å². The van der Waals surface area contributed by atoms with Crippen LogP contribution in [0.5, 0.6) is 0 Å². The van der Waals surface area contributed by atoms with E-state index in [9.17, 15) is 14.9 Å². The maximum Gasteiger partial charge on any atom is 0.311 e. The molecule has 1 atom stereocenters. The highest BCUT2D eigenvalue weighted by Crippen LogP contribution is 2.17. The van der Waals surface area contributed by atoms with Crippen LogP contribution in [0.2, 0.25) is 0 Å². The molecule has 0 aliphatic rings. The van der Waals surface area contributed by atoms with Gasteiger partial charge in [0, 0.05) is 6.07 Å². The third kappa shape index (κ3) is 5.37. The van der Waals surface area contributed by atoms with Crippen LogP contribution in [-0.2, 0) is 9.53 Å². The highest BCUT2D eigenvalue weighted by Gasteiger charge is 2.24. The number of pyridine rings is 1. The van der Waals surface area contributed by atoms with Crippen LogP contribution in [0.4, 0.5) is 11.5 Å². The smallest absolute Gasteiger partial charge is 0.311 e. The molecule has 1 N–H and O–H groups in total. The average molecular weight is 295 g/mol. The van der Waals surface area contributed by atoms with Gasteiger partial charge in [0.25, 0.3) is 5.69 Å². The van der Waals surface area contributed by atoms with Gasteiger partial charge in [-0.2, -0.15) is 0 Å². The van der Waals surface area contributed by atoms with Crippen molar-refractivity contribution >= 4 is 17.5 Å². The number of hydrogen-bond acceptors (Lipinski definition) is 6. The molecule has 0 aliphatic heterocycles. The van der Waals surface area contributed by atoms with Gasteiger partial charge in [-0.25, -0.2) is 4.98 Å². The Labute approximate surface area is 123 Å². The molecule has 0 bridgehead atoms. The van der Waals surface area contributed by atoms with E-state index >= 15 is 0 Å². The molecule has 0 saturated heterocycles. The molecule has 1 unspecified atom stereocenters. The van der Waals surface area contributed by atoms with E-state index in [1.54, 1.807) is 20.8 Å². The summed E-state index contributed by atoms with van der Waals surface area (Å²) in [5, 5.41) is 13.6. The fourth-order valence-corrected chi connectivity index (χ4v) is 1.44. The molecule has 0 aliphatic carbocycles. The number of ether oxygens (including phenoxy) is 1. The minimum absolute atomic E-state index is 0.0623. The summed E-state index contributed by atoms with van der Waals surface area (Å²) >= 11 is 0. The summed E-state index contributed by atoms with van der Waals surface area (Å²) in [4.78, 5) is 25.7. The van der Waals surface area contributed by atoms with Gasteiger partial charge in [-0.05, 0) is 33.3 Å². The van der Waals surface area contributed by atoms with Crippen LogP contribution in [-0.4, -0.2) is 28.5 Å². The van der Waals surface area contributed by atoms with E-state index in [0.717, 1.165) is 6.42 Å². The lowest BCUT2D eigenvalue weighted by Gasteiger charge is -2.21. The molecule has 1 aromatic rings. The second-order valence-corrected chi connectivity index (χ2v) is 5.76. The SMILES string of the molecule is CCC(COC(=O)C(C)(C)C)Nc1ccc([N+](=O)[O-])cn1. The Bertz CT molecular complexity index is 494. The molecule has 0 saturated carbocycles. The zero-order chi connectivity index (χ0) is 16.0. The highest BCUT2D eigenvalue weighted by atomic mass is 16.6. The Hall–Kier alpha value is -2.18. The second kappa shape index (κ2) is 7.01. The van der Waals surface area contributed by atoms with Gasteiger partial charge in [0.05, 0.1) is 16.4 Å². The molecule has 0 radical (unpaired) electrons. The summed E-state index contributed by atoms with van der Waals surface area (Å²) in [7, 11) is 0. The van der Waals surface area contributed by atoms with Crippen molar-refractivity contribution in [2.45, 2.75) is 40.2 Å². The van der Waals surface area contributed by atoms with Crippen molar-refractivity contribution < 1.29 is 14.5 Å². The van der Waals surface area contributed by atoms with E-state index in [1.807, 2.05) is 6.92 Å². The van der Waals surface area contributed by atoms with Gasteiger partial charge in [-0.1, -0.05) is 6.92 Å². The summed E-state index contributed by atoms with van der Waals surface area (Å²) in [5.74, 6) is 0.249. The fraction of sp³-hybridized carbons (Fsp3) is 0.571. The number of anilines is 1. The van der Waals surface area contributed by atoms with Crippen LogP contribution >= 0.6 is 0 Å². The van der Waals surface area contributed by atoms with Gasteiger partial charge in [0.2, 0.25) is 0 Å². The Balaban J connectivity index is 2.58. The van der Waals surface area contributed by atoms with Crippen molar-refractivity contribution in [3.8, 4) is 0 Å². The topological polar surface area (TPSA) is 94.4 Å². The fourth-order valence-electron chi connectivity index (χ4n) is 1.44.